The van der Waals surface area contributed by atoms with E-state index in [2.05, 4.69) is 65.2 Å². The summed E-state index contributed by atoms with van der Waals surface area (Å²) in [6.07, 6.45) is -1.76. The standard InChI is InChI=1S/C29H37F4N/c1-9-10-24-23(15-19(3)21(5)28(6,7)8)13-11-18(2)27(24)34-20(4)16-22-12-14-25(26(30)17-22)29(31,32)33/h11-14,17,19,34H,4-5,9-10,15-16H2,1-3,6-8H3. The maximum atomic E-state index is 14.0. The van der Waals surface area contributed by atoms with Crippen LogP contribution in [0.3, 0.4) is 0 Å². The Labute approximate surface area is 202 Å². The van der Waals surface area contributed by atoms with Gasteiger partial charge in [0.05, 0.1) is 5.56 Å². The van der Waals surface area contributed by atoms with Gasteiger partial charge in [-0.1, -0.05) is 78.0 Å². The van der Waals surface area contributed by atoms with Gasteiger partial charge in [0, 0.05) is 17.8 Å². The highest BCUT2D eigenvalue weighted by molar-refractivity contribution is 5.63. The Morgan fingerprint density at radius 3 is 2.24 bits per heavy atom. The Morgan fingerprint density at radius 2 is 1.71 bits per heavy atom. The SMILES string of the molecule is C=C(Cc1ccc(C(F)(F)F)c(F)c1)Nc1c(C)ccc(CC(C)C(=C)C(C)(C)C)c1CCC. The van der Waals surface area contributed by atoms with E-state index in [0.29, 0.717) is 17.2 Å². The number of hydrogen-bond acceptors (Lipinski definition) is 1. The molecule has 1 nitrogen and oxygen atoms in total. The second-order valence-corrected chi connectivity index (χ2v) is 10.2. The number of halogens is 4. The molecule has 34 heavy (non-hydrogen) atoms. The number of allylic oxidation sites excluding steroid dienone is 2. The van der Waals surface area contributed by atoms with Gasteiger partial charge in [-0.2, -0.15) is 13.2 Å². The van der Waals surface area contributed by atoms with Gasteiger partial charge >= 0.3 is 6.18 Å². The lowest BCUT2D eigenvalue weighted by atomic mass is 9.77. The fraction of sp³-hybridized carbons (Fsp3) is 0.448. The summed E-state index contributed by atoms with van der Waals surface area (Å²) in [6.45, 7) is 21.3. The van der Waals surface area contributed by atoms with Gasteiger partial charge in [0.1, 0.15) is 5.82 Å². The Balaban J connectivity index is 2.29. The summed E-state index contributed by atoms with van der Waals surface area (Å²) in [7, 11) is 0. The molecule has 0 radical (unpaired) electrons. The van der Waals surface area contributed by atoms with Crippen molar-refractivity contribution in [3.63, 3.8) is 0 Å². The number of anilines is 1. The number of nitrogens with one attached hydrogen (secondary N) is 1. The van der Waals surface area contributed by atoms with Crippen LogP contribution in [0, 0.1) is 24.1 Å². The van der Waals surface area contributed by atoms with Crippen LogP contribution in [0.1, 0.15) is 68.9 Å². The molecule has 0 aliphatic rings. The first kappa shape index (κ1) is 27.7. The largest absolute Gasteiger partial charge is 0.419 e. The van der Waals surface area contributed by atoms with Crippen molar-refractivity contribution in [2.75, 3.05) is 5.32 Å². The third-order valence-corrected chi connectivity index (χ3v) is 6.26. The predicted molar refractivity (Wildman–Crippen MR) is 135 cm³/mol. The minimum atomic E-state index is -4.71. The molecular formula is C29H37F4N. The number of benzene rings is 2. The number of hydrogen-bond donors (Lipinski definition) is 1. The summed E-state index contributed by atoms with van der Waals surface area (Å²) in [5.41, 5.74) is 5.53. The minimum Gasteiger partial charge on any atom is -0.359 e. The maximum Gasteiger partial charge on any atom is 0.419 e. The van der Waals surface area contributed by atoms with Crippen molar-refractivity contribution in [2.45, 2.75) is 73.4 Å². The van der Waals surface area contributed by atoms with Gasteiger partial charge in [-0.05, 0) is 65.5 Å². The van der Waals surface area contributed by atoms with Crippen LogP contribution in [0.4, 0.5) is 23.2 Å². The third-order valence-electron chi connectivity index (χ3n) is 6.26. The molecule has 2 rings (SSSR count). The van der Waals surface area contributed by atoms with E-state index < -0.39 is 17.6 Å². The summed E-state index contributed by atoms with van der Waals surface area (Å²) >= 11 is 0. The normalized spacial score (nSPS) is 13.0. The number of aryl methyl sites for hydroxylation is 1. The van der Waals surface area contributed by atoms with Crippen molar-refractivity contribution in [1.82, 2.24) is 0 Å². The highest BCUT2D eigenvalue weighted by atomic mass is 19.4. The lowest BCUT2D eigenvalue weighted by Gasteiger charge is -2.28. The van der Waals surface area contributed by atoms with E-state index in [9.17, 15) is 17.6 Å². The molecule has 0 aliphatic carbocycles. The van der Waals surface area contributed by atoms with E-state index >= 15 is 0 Å². The van der Waals surface area contributed by atoms with E-state index in [1.165, 1.54) is 22.8 Å². The van der Waals surface area contributed by atoms with Crippen LogP contribution in [0.2, 0.25) is 0 Å². The predicted octanol–water partition coefficient (Wildman–Crippen LogP) is 9.05. The fourth-order valence-electron chi connectivity index (χ4n) is 4.27. The van der Waals surface area contributed by atoms with Crippen molar-refractivity contribution in [3.8, 4) is 0 Å². The van der Waals surface area contributed by atoms with Crippen molar-refractivity contribution < 1.29 is 17.6 Å². The van der Waals surface area contributed by atoms with Crippen LogP contribution in [0.25, 0.3) is 0 Å². The van der Waals surface area contributed by atoms with Crippen LogP contribution >= 0.6 is 0 Å². The molecule has 1 N–H and O–H groups in total. The van der Waals surface area contributed by atoms with E-state index in [-0.39, 0.29) is 11.8 Å². The molecule has 0 spiro atoms. The minimum absolute atomic E-state index is 0.0291. The first-order valence-corrected chi connectivity index (χ1v) is 11.8. The summed E-state index contributed by atoms with van der Waals surface area (Å²) < 4.78 is 52.6. The zero-order valence-electron chi connectivity index (χ0n) is 21.2. The summed E-state index contributed by atoms with van der Waals surface area (Å²) in [5.74, 6) is -0.958. The highest BCUT2D eigenvalue weighted by Gasteiger charge is 2.33. The van der Waals surface area contributed by atoms with Gasteiger partial charge in [0.2, 0.25) is 0 Å². The third kappa shape index (κ3) is 6.97. The van der Waals surface area contributed by atoms with Gasteiger partial charge < -0.3 is 5.32 Å². The van der Waals surface area contributed by atoms with Crippen molar-refractivity contribution in [2.24, 2.45) is 11.3 Å². The van der Waals surface area contributed by atoms with Gasteiger partial charge in [-0.3, -0.25) is 0 Å². The molecule has 0 aliphatic heterocycles. The molecule has 0 amide bonds. The van der Waals surface area contributed by atoms with Crippen LogP contribution in [0.5, 0.6) is 0 Å². The topological polar surface area (TPSA) is 12.0 Å². The van der Waals surface area contributed by atoms with Crippen LogP contribution in [0.15, 0.2) is 54.8 Å². The quantitative estimate of drug-likeness (QED) is 0.282. The molecular weight excluding hydrogens is 438 g/mol. The number of rotatable bonds is 9. The summed E-state index contributed by atoms with van der Waals surface area (Å²) in [5, 5.41) is 3.39. The Bertz CT molecular complexity index is 1040. The highest BCUT2D eigenvalue weighted by Crippen LogP contribution is 2.35. The van der Waals surface area contributed by atoms with E-state index in [1.807, 2.05) is 6.92 Å². The average Bonchev–Trinajstić information content (AvgIpc) is 2.70. The zero-order valence-corrected chi connectivity index (χ0v) is 21.2. The van der Waals surface area contributed by atoms with E-state index in [1.54, 1.807) is 0 Å². The van der Waals surface area contributed by atoms with Gasteiger partial charge in [-0.15, -0.1) is 0 Å². The molecule has 5 heteroatoms. The average molecular weight is 476 g/mol. The van der Waals surface area contributed by atoms with Crippen LogP contribution < -0.4 is 5.32 Å². The molecule has 2 aromatic rings. The molecule has 2 aromatic carbocycles. The number of alkyl halides is 3. The second kappa shape index (κ2) is 10.8. The molecule has 0 fully saturated rings. The van der Waals surface area contributed by atoms with Crippen molar-refractivity contribution >= 4 is 5.69 Å². The Hall–Kier alpha value is -2.56. The fourth-order valence-corrected chi connectivity index (χ4v) is 4.27. The molecule has 0 saturated heterocycles. The van der Waals surface area contributed by atoms with Crippen molar-refractivity contribution in [1.29, 1.82) is 0 Å². The zero-order chi connectivity index (χ0) is 25.8. The lowest BCUT2D eigenvalue weighted by Crippen LogP contribution is -2.18. The van der Waals surface area contributed by atoms with E-state index in [0.717, 1.165) is 42.6 Å². The molecule has 186 valence electrons. The second-order valence-electron chi connectivity index (χ2n) is 10.2. The first-order chi connectivity index (χ1) is 15.6. The van der Waals surface area contributed by atoms with Crippen molar-refractivity contribution in [3.05, 3.63) is 88.4 Å². The van der Waals surface area contributed by atoms with E-state index in [4.69, 9.17) is 0 Å². The summed E-state index contributed by atoms with van der Waals surface area (Å²) in [4.78, 5) is 0. The molecule has 0 heterocycles. The summed E-state index contributed by atoms with van der Waals surface area (Å²) in [6, 6.07) is 7.27. The van der Waals surface area contributed by atoms with Gasteiger partial charge in [0.15, 0.2) is 0 Å². The lowest BCUT2D eigenvalue weighted by molar-refractivity contribution is -0.140. The molecule has 0 saturated carbocycles. The monoisotopic (exact) mass is 475 g/mol. The first-order valence-electron chi connectivity index (χ1n) is 11.8. The smallest absolute Gasteiger partial charge is 0.359 e. The van der Waals surface area contributed by atoms with Crippen LogP contribution in [-0.4, -0.2) is 0 Å². The molecule has 1 unspecified atom stereocenters. The van der Waals surface area contributed by atoms with Gasteiger partial charge in [0.25, 0.3) is 0 Å². The molecule has 0 bridgehead atoms. The maximum absolute atomic E-state index is 14.0. The van der Waals surface area contributed by atoms with Gasteiger partial charge in [-0.25, -0.2) is 4.39 Å². The van der Waals surface area contributed by atoms with Crippen LogP contribution in [-0.2, 0) is 25.4 Å². The molecule has 0 aromatic heterocycles. The Morgan fingerprint density at radius 1 is 1.06 bits per heavy atom. The Kier molecular flexibility index (Phi) is 8.79. The molecule has 1 atom stereocenters.